The fraction of sp³-hybridized carbons (Fsp3) is 0.0833. The number of alkyl halides is 6. The number of aromatic nitrogens is 4. The van der Waals surface area contributed by atoms with E-state index in [1.807, 2.05) is 0 Å². The minimum Gasteiger partial charge on any atom is -0.366 e. The lowest BCUT2D eigenvalue weighted by Crippen LogP contribution is -2.14. The molecule has 0 aliphatic heterocycles. The van der Waals surface area contributed by atoms with E-state index in [9.17, 15) is 31.1 Å². The number of halogens is 6. The van der Waals surface area contributed by atoms with Crippen molar-refractivity contribution in [2.75, 3.05) is 0 Å². The van der Waals surface area contributed by atoms with E-state index in [2.05, 4.69) is 15.1 Å². The first-order valence-corrected chi connectivity index (χ1v) is 10.2. The van der Waals surface area contributed by atoms with Crippen molar-refractivity contribution in [2.24, 2.45) is 5.73 Å². The third-order valence-electron chi connectivity index (χ3n) is 5.08. The zero-order valence-corrected chi connectivity index (χ0v) is 18.0. The van der Waals surface area contributed by atoms with Gasteiger partial charge in [-0.25, -0.2) is 9.67 Å². The van der Waals surface area contributed by atoms with Crippen molar-refractivity contribution in [2.45, 2.75) is 12.4 Å². The highest BCUT2D eigenvalue weighted by molar-refractivity contribution is 6.22. The molecule has 0 unspecified atom stereocenters. The Hall–Kier alpha value is -4.48. The number of primary amides is 1. The Morgan fingerprint density at radius 2 is 1.28 bits per heavy atom. The van der Waals surface area contributed by atoms with Gasteiger partial charge >= 0.3 is 12.4 Å². The van der Waals surface area contributed by atoms with Crippen LogP contribution in [0, 0.1) is 0 Å². The number of rotatable bonds is 5. The molecule has 36 heavy (non-hydrogen) atoms. The molecule has 4 rings (SSSR count). The van der Waals surface area contributed by atoms with Crippen molar-refractivity contribution >= 4 is 17.7 Å². The number of benzene rings is 2. The second-order valence-corrected chi connectivity index (χ2v) is 7.50. The molecule has 0 aliphatic carbocycles. The number of amides is 1. The van der Waals surface area contributed by atoms with E-state index in [0.29, 0.717) is 5.56 Å². The lowest BCUT2D eigenvalue weighted by atomic mass is 10.1. The Bertz CT molecular complexity index is 1410. The number of carbonyl (C=O) groups excluding carboxylic acids is 1. The van der Waals surface area contributed by atoms with Crippen LogP contribution in [0.25, 0.3) is 34.5 Å². The van der Waals surface area contributed by atoms with Crippen LogP contribution >= 0.6 is 0 Å². The average Bonchev–Trinajstić information content (AvgIpc) is 3.26. The summed E-state index contributed by atoms with van der Waals surface area (Å²) in [4.78, 5) is 20.3. The summed E-state index contributed by atoms with van der Waals surface area (Å²) < 4.78 is 79.0. The molecule has 0 saturated heterocycles. The summed E-state index contributed by atoms with van der Waals surface area (Å²) in [6.45, 7) is 0. The van der Waals surface area contributed by atoms with Gasteiger partial charge in [-0.15, -0.1) is 5.10 Å². The summed E-state index contributed by atoms with van der Waals surface area (Å²) >= 11 is 0. The number of hydrogen-bond acceptors (Lipinski definition) is 4. The molecule has 2 heterocycles. The number of pyridine rings is 1. The number of hydrogen-bond donors (Lipinski definition) is 1. The average molecular weight is 503 g/mol. The molecule has 6 nitrogen and oxygen atoms in total. The largest absolute Gasteiger partial charge is 0.416 e. The van der Waals surface area contributed by atoms with Crippen molar-refractivity contribution in [1.82, 2.24) is 19.7 Å². The fourth-order valence-electron chi connectivity index (χ4n) is 3.28. The molecule has 0 saturated carbocycles. The Morgan fingerprint density at radius 1 is 0.778 bits per heavy atom. The van der Waals surface area contributed by atoms with E-state index in [-0.39, 0.29) is 28.3 Å². The highest BCUT2D eigenvalue weighted by atomic mass is 19.4. The van der Waals surface area contributed by atoms with E-state index in [0.717, 1.165) is 28.9 Å². The quantitative estimate of drug-likeness (QED) is 0.287. The summed E-state index contributed by atoms with van der Waals surface area (Å²) in [6, 6.07) is 11.1. The van der Waals surface area contributed by atoms with Crippen LogP contribution in [0.2, 0.25) is 0 Å². The van der Waals surface area contributed by atoms with Crippen LogP contribution in [-0.2, 0) is 17.1 Å². The molecule has 2 aromatic carbocycles. The van der Waals surface area contributed by atoms with Gasteiger partial charge in [-0.1, -0.05) is 24.3 Å². The Labute approximate surface area is 199 Å². The van der Waals surface area contributed by atoms with Crippen molar-refractivity contribution in [3.8, 4) is 22.8 Å². The number of nitrogens with zero attached hydrogens (tertiary/aromatic N) is 4. The van der Waals surface area contributed by atoms with Crippen molar-refractivity contribution < 1.29 is 31.1 Å². The summed E-state index contributed by atoms with van der Waals surface area (Å²) in [6.07, 6.45) is -5.00. The van der Waals surface area contributed by atoms with Gasteiger partial charge in [0.15, 0.2) is 11.6 Å². The van der Waals surface area contributed by atoms with E-state index in [1.54, 1.807) is 0 Å². The van der Waals surface area contributed by atoms with Crippen LogP contribution in [0.5, 0.6) is 0 Å². The molecule has 0 bridgehead atoms. The van der Waals surface area contributed by atoms with Crippen molar-refractivity contribution in [1.29, 1.82) is 0 Å². The van der Waals surface area contributed by atoms with Crippen LogP contribution in [0.4, 0.5) is 26.3 Å². The molecule has 0 spiro atoms. The number of nitrogens with two attached hydrogens (primary N) is 1. The summed E-state index contributed by atoms with van der Waals surface area (Å²) in [5.41, 5.74) is 4.58. The molecular formula is C24H15F6N5O. The molecule has 4 aromatic rings. The number of carbonyl (C=O) groups is 1. The Kier molecular flexibility index (Phi) is 6.35. The van der Waals surface area contributed by atoms with Crippen LogP contribution in [0.1, 0.15) is 16.7 Å². The van der Waals surface area contributed by atoms with Crippen molar-refractivity contribution in [3.05, 3.63) is 89.7 Å². The fourth-order valence-corrected chi connectivity index (χ4v) is 3.28. The van der Waals surface area contributed by atoms with Gasteiger partial charge in [0.1, 0.15) is 0 Å². The molecule has 184 valence electrons. The zero-order valence-electron chi connectivity index (χ0n) is 18.0. The summed E-state index contributed by atoms with van der Waals surface area (Å²) in [5.74, 6) is -0.814. The van der Waals surface area contributed by atoms with Crippen LogP contribution < -0.4 is 5.73 Å². The minimum atomic E-state index is -4.56. The summed E-state index contributed by atoms with van der Waals surface area (Å²) in [5, 5.41) is 4.27. The smallest absolute Gasteiger partial charge is 0.366 e. The maximum absolute atomic E-state index is 13.0. The molecule has 12 heteroatoms. The zero-order chi connectivity index (χ0) is 26.1. The lowest BCUT2D eigenvalue weighted by molar-refractivity contribution is -0.138. The second kappa shape index (κ2) is 9.29. The maximum atomic E-state index is 13.0. The molecule has 0 aliphatic rings. The molecule has 1 amide bonds. The van der Waals surface area contributed by atoms with Gasteiger partial charge in [-0.05, 0) is 42.0 Å². The van der Waals surface area contributed by atoms with E-state index < -0.39 is 29.4 Å². The Morgan fingerprint density at radius 3 is 1.75 bits per heavy atom. The molecular weight excluding hydrogens is 488 g/mol. The lowest BCUT2D eigenvalue weighted by Gasteiger charge is -2.08. The molecule has 2 N–H and O–H groups in total. The van der Waals surface area contributed by atoms with Crippen LogP contribution in [-0.4, -0.2) is 25.7 Å². The van der Waals surface area contributed by atoms with Gasteiger partial charge in [0.2, 0.25) is 0 Å². The van der Waals surface area contributed by atoms with Crippen LogP contribution in [0.3, 0.4) is 0 Å². The van der Waals surface area contributed by atoms with E-state index in [4.69, 9.17) is 5.73 Å². The highest BCUT2D eigenvalue weighted by Crippen LogP contribution is 2.33. The first-order chi connectivity index (χ1) is 16.9. The molecule has 0 fully saturated rings. The minimum absolute atomic E-state index is 0.00516. The first-order valence-electron chi connectivity index (χ1n) is 10.2. The van der Waals surface area contributed by atoms with Gasteiger partial charge < -0.3 is 5.73 Å². The molecule has 0 radical (unpaired) electrons. The standard InChI is InChI=1S/C24H15F6N5O/c25-23(26,27)17-5-1-15(2-6-17)21-33-22(16-3-7-18(8-4-16)24(28,29)30)35(34-21)13-19(20(31)36)14-9-11-32-12-10-14/h1-13H,(H2,31,36). The SMILES string of the molecule is NC(=O)C(=Cn1nc(-c2ccc(C(F)(F)F)cc2)nc1-c1ccc(C(F)(F)F)cc1)c1ccncc1. The predicted molar refractivity (Wildman–Crippen MR) is 118 cm³/mol. The monoisotopic (exact) mass is 503 g/mol. The van der Waals surface area contributed by atoms with E-state index in [1.165, 1.54) is 55.0 Å². The second-order valence-electron chi connectivity index (χ2n) is 7.50. The predicted octanol–water partition coefficient (Wildman–Crippen LogP) is 5.53. The van der Waals surface area contributed by atoms with Gasteiger partial charge in [-0.3, -0.25) is 9.78 Å². The summed E-state index contributed by atoms with van der Waals surface area (Å²) in [7, 11) is 0. The normalized spacial score (nSPS) is 12.6. The third-order valence-corrected chi connectivity index (χ3v) is 5.08. The molecule has 2 aromatic heterocycles. The molecule has 0 atom stereocenters. The van der Waals surface area contributed by atoms with Gasteiger partial charge in [0.25, 0.3) is 5.91 Å². The third kappa shape index (κ3) is 5.27. The van der Waals surface area contributed by atoms with Crippen LogP contribution in [0.15, 0.2) is 73.1 Å². The maximum Gasteiger partial charge on any atom is 0.416 e. The highest BCUT2D eigenvalue weighted by Gasteiger charge is 2.31. The topological polar surface area (TPSA) is 86.7 Å². The Balaban J connectivity index is 1.86. The first kappa shape index (κ1) is 24.6. The van der Waals surface area contributed by atoms with Gasteiger partial charge in [0.05, 0.1) is 16.7 Å². The van der Waals surface area contributed by atoms with Gasteiger partial charge in [0, 0.05) is 29.7 Å². The van der Waals surface area contributed by atoms with Crippen molar-refractivity contribution in [3.63, 3.8) is 0 Å². The van der Waals surface area contributed by atoms with E-state index >= 15 is 0 Å². The van der Waals surface area contributed by atoms with Gasteiger partial charge in [-0.2, -0.15) is 26.3 Å².